The third-order valence-corrected chi connectivity index (χ3v) is 0.947. The Bertz CT molecular complexity index is 148. The van der Waals surface area contributed by atoms with Crippen LogP contribution < -0.4 is 0 Å². The zero-order chi connectivity index (χ0) is 7.28. The molecule has 0 aliphatic heterocycles. The summed E-state index contributed by atoms with van der Waals surface area (Å²) in [5.74, 6) is 1.35. The molecule has 0 bridgehead atoms. The van der Waals surface area contributed by atoms with Crippen molar-refractivity contribution < 1.29 is 14.3 Å². The normalized spacial score (nSPS) is 11.3. The highest BCUT2D eigenvalue weighted by molar-refractivity contribution is 6.64. The van der Waals surface area contributed by atoms with Gasteiger partial charge in [0, 0.05) is 0 Å². The Balaban J connectivity index is 3.63. The first-order valence-corrected chi connectivity index (χ1v) is 2.60. The average Bonchev–Trinajstić information content (AvgIpc) is 1.82. The van der Waals surface area contributed by atoms with Crippen LogP contribution in [0.2, 0.25) is 0 Å². The fourth-order valence-electron chi connectivity index (χ4n) is 0.183. The predicted octanol–water partition coefficient (Wildman–Crippen LogP) is 0.502. The van der Waals surface area contributed by atoms with Crippen LogP contribution in [0.1, 0.15) is 6.92 Å². The maximum Gasteiger partial charge on any atom is 0.262 e. The quantitative estimate of drug-likeness (QED) is 0.333. The molecule has 9 heavy (non-hydrogen) atoms. The van der Waals surface area contributed by atoms with E-state index in [1.807, 2.05) is 0 Å². The molecule has 1 atom stereocenters. The molecule has 0 heterocycles. The monoisotopic (exact) mass is 148 g/mol. The van der Waals surface area contributed by atoms with Gasteiger partial charge in [0.2, 0.25) is 0 Å². The third-order valence-electron chi connectivity index (χ3n) is 0.640. The van der Waals surface area contributed by atoms with Gasteiger partial charge >= 0.3 is 0 Å². The highest BCUT2D eigenvalue weighted by atomic mass is 35.5. The number of hydrogen-bond acceptors (Lipinski definition) is 3. The van der Waals surface area contributed by atoms with Crippen molar-refractivity contribution in [2.45, 2.75) is 13.0 Å². The summed E-state index contributed by atoms with van der Waals surface area (Å²) in [5.41, 5.74) is 0. The molecule has 1 unspecified atom stereocenters. The zero-order valence-corrected chi connectivity index (χ0v) is 5.51. The molecule has 4 heteroatoms. The fraction of sp³-hybridized carbons (Fsp3) is 0.400. The van der Waals surface area contributed by atoms with Crippen molar-refractivity contribution in [2.75, 3.05) is 0 Å². The minimum Gasteiger partial charge on any atom is -0.478 e. The van der Waals surface area contributed by atoms with Crippen molar-refractivity contribution in [2.24, 2.45) is 0 Å². The van der Waals surface area contributed by atoms with Gasteiger partial charge in [-0.25, -0.2) is 4.79 Å². The van der Waals surface area contributed by atoms with Gasteiger partial charge in [-0.3, -0.25) is 4.79 Å². The van der Waals surface area contributed by atoms with Crippen LogP contribution in [0.25, 0.3) is 0 Å². The van der Waals surface area contributed by atoms with Gasteiger partial charge in [0.25, 0.3) is 5.24 Å². The highest BCUT2D eigenvalue weighted by Crippen LogP contribution is 1.94. The van der Waals surface area contributed by atoms with E-state index in [9.17, 15) is 9.59 Å². The molecule has 0 spiro atoms. The van der Waals surface area contributed by atoms with E-state index in [1.165, 1.54) is 12.9 Å². The van der Waals surface area contributed by atoms with Crippen LogP contribution in [0.5, 0.6) is 0 Å². The molecule has 0 aliphatic carbocycles. The van der Waals surface area contributed by atoms with Gasteiger partial charge in [0.15, 0.2) is 18.3 Å². The summed E-state index contributed by atoms with van der Waals surface area (Å²) in [5, 5.41) is -0.637. The molecular weight excluding hydrogens is 144 g/mol. The second-order valence-corrected chi connectivity index (χ2v) is 1.69. The van der Waals surface area contributed by atoms with E-state index >= 15 is 0 Å². The molecule has 50 valence electrons. The van der Waals surface area contributed by atoms with Crippen molar-refractivity contribution in [3.8, 4) is 0 Å². The van der Waals surface area contributed by atoms with Crippen molar-refractivity contribution in [1.82, 2.24) is 0 Å². The molecule has 0 aromatic heterocycles. The number of carbonyl (C=O) groups excluding carboxylic acids is 2. The first-order chi connectivity index (χ1) is 4.18. The Kier molecular flexibility index (Phi) is 3.76. The van der Waals surface area contributed by atoms with E-state index in [1.54, 1.807) is 0 Å². The van der Waals surface area contributed by atoms with E-state index in [4.69, 9.17) is 11.6 Å². The first-order valence-electron chi connectivity index (χ1n) is 2.22. The molecule has 0 radical (unpaired) electrons. The van der Waals surface area contributed by atoms with Gasteiger partial charge in [-0.05, 0) is 18.5 Å². The van der Waals surface area contributed by atoms with Gasteiger partial charge in [-0.1, -0.05) is 0 Å². The smallest absolute Gasteiger partial charge is 0.262 e. The largest absolute Gasteiger partial charge is 0.478 e. The Morgan fingerprint density at radius 1 is 1.89 bits per heavy atom. The van der Waals surface area contributed by atoms with Gasteiger partial charge in [0.1, 0.15) is 0 Å². The molecule has 0 aromatic carbocycles. The molecule has 0 aliphatic rings. The highest BCUT2D eigenvalue weighted by Gasteiger charge is 2.07. The molecule has 0 amide bonds. The minimum absolute atomic E-state index is 0.637. The second kappa shape index (κ2) is 4.13. The van der Waals surface area contributed by atoms with Crippen LogP contribution in [0.4, 0.5) is 0 Å². The van der Waals surface area contributed by atoms with Crippen LogP contribution in [0.15, 0.2) is 6.26 Å². The van der Waals surface area contributed by atoms with Crippen molar-refractivity contribution in [1.29, 1.82) is 0 Å². The molecule has 0 rings (SSSR count). The van der Waals surface area contributed by atoms with E-state index in [-0.39, 0.29) is 0 Å². The number of halogens is 1. The summed E-state index contributed by atoms with van der Waals surface area (Å²) in [4.78, 5) is 19.6. The Hall–Kier alpha value is -0.790. The first kappa shape index (κ1) is 8.21. The van der Waals surface area contributed by atoms with Crippen LogP contribution in [-0.2, 0) is 14.3 Å². The van der Waals surface area contributed by atoms with Crippen molar-refractivity contribution >= 4 is 22.8 Å². The number of hydrogen-bond donors (Lipinski definition) is 0. The van der Waals surface area contributed by atoms with Crippen molar-refractivity contribution in [3.63, 3.8) is 0 Å². The zero-order valence-electron chi connectivity index (χ0n) is 4.76. The Morgan fingerprint density at radius 3 is 2.78 bits per heavy atom. The van der Waals surface area contributed by atoms with Gasteiger partial charge in [-0.2, -0.15) is 0 Å². The topological polar surface area (TPSA) is 43.4 Å². The molecule has 0 fully saturated rings. The summed E-state index contributed by atoms with van der Waals surface area (Å²) in [6.07, 6.45) is -0.0154. The summed E-state index contributed by atoms with van der Waals surface area (Å²) in [7, 11) is 0. The van der Waals surface area contributed by atoms with E-state index in [0.717, 1.165) is 6.26 Å². The molecule has 0 saturated carbocycles. The lowest BCUT2D eigenvalue weighted by Crippen LogP contribution is -2.11. The lowest BCUT2D eigenvalue weighted by molar-refractivity contribution is -0.118. The lowest BCUT2D eigenvalue weighted by Gasteiger charge is -2.01. The standard InChI is InChI=1S/C5H5ClO3/c1-4(5(6)8)9-3-2-7/h3-4H,1H3. The van der Waals surface area contributed by atoms with Crippen LogP contribution in [0, 0.1) is 0 Å². The summed E-state index contributed by atoms with van der Waals surface area (Å²) >= 11 is 4.95. The number of rotatable bonds is 3. The second-order valence-electron chi connectivity index (χ2n) is 1.32. The van der Waals surface area contributed by atoms with Gasteiger partial charge in [-0.15, -0.1) is 0 Å². The Labute approximate surface area is 57.2 Å². The predicted molar refractivity (Wildman–Crippen MR) is 31.7 cm³/mol. The van der Waals surface area contributed by atoms with Crippen LogP contribution in [-0.4, -0.2) is 17.3 Å². The number of carbonyl (C=O) groups is 1. The molecule has 3 nitrogen and oxygen atoms in total. The SMILES string of the molecule is CC(OC=C=O)C(=O)Cl. The lowest BCUT2D eigenvalue weighted by atomic mass is 10.5. The van der Waals surface area contributed by atoms with E-state index in [2.05, 4.69) is 4.74 Å². The average molecular weight is 149 g/mol. The maximum atomic E-state index is 10.1. The number of ether oxygens (including phenoxy) is 1. The molecule has 0 aromatic rings. The summed E-state index contributed by atoms with van der Waals surface area (Å²) < 4.78 is 4.42. The van der Waals surface area contributed by atoms with E-state index in [0.29, 0.717) is 0 Å². The summed E-state index contributed by atoms with van der Waals surface area (Å²) in [6.45, 7) is 1.43. The van der Waals surface area contributed by atoms with Crippen LogP contribution >= 0.6 is 11.6 Å². The fourth-order valence-corrected chi connectivity index (χ4v) is 0.235. The van der Waals surface area contributed by atoms with Gasteiger partial charge in [0.05, 0.1) is 0 Å². The Morgan fingerprint density at radius 2 is 2.44 bits per heavy atom. The molecule has 0 saturated heterocycles. The van der Waals surface area contributed by atoms with Crippen LogP contribution in [0.3, 0.4) is 0 Å². The maximum absolute atomic E-state index is 10.1. The third kappa shape index (κ3) is 3.76. The molecule has 0 N–H and O–H groups in total. The minimum atomic E-state index is -0.770. The van der Waals surface area contributed by atoms with Gasteiger partial charge < -0.3 is 4.74 Å². The molecular formula is C5H5ClO3. The van der Waals surface area contributed by atoms with E-state index < -0.39 is 11.3 Å². The van der Waals surface area contributed by atoms with Crippen molar-refractivity contribution in [3.05, 3.63) is 6.26 Å². The summed E-state index contributed by atoms with van der Waals surface area (Å²) in [6, 6.07) is 0.